The number of hydrogen-bond acceptors (Lipinski definition) is 8. The van der Waals surface area contributed by atoms with E-state index in [1.165, 1.54) is 0 Å². The maximum atomic E-state index is 12.3. The summed E-state index contributed by atoms with van der Waals surface area (Å²) in [5.74, 6) is 1.29. The van der Waals surface area contributed by atoms with E-state index in [0.29, 0.717) is 45.5 Å². The zero-order valence-corrected chi connectivity index (χ0v) is 26.2. The Labute approximate surface area is 246 Å². The fourth-order valence-electron chi connectivity index (χ4n) is 5.75. The second-order valence-corrected chi connectivity index (χ2v) is 12.6. The van der Waals surface area contributed by atoms with Crippen LogP contribution in [0.2, 0.25) is 0 Å². The molecule has 2 aliphatic rings. The van der Waals surface area contributed by atoms with Crippen molar-refractivity contribution in [2.75, 3.05) is 40.1 Å². The lowest BCUT2D eigenvalue weighted by Gasteiger charge is -2.32. The Morgan fingerprint density at radius 1 is 0.805 bits per heavy atom. The highest BCUT2D eigenvalue weighted by Crippen LogP contribution is 2.44. The zero-order valence-electron chi connectivity index (χ0n) is 26.2. The van der Waals surface area contributed by atoms with Gasteiger partial charge < -0.3 is 28.4 Å². The van der Waals surface area contributed by atoms with Crippen molar-refractivity contribution in [3.8, 4) is 11.5 Å². The van der Waals surface area contributed by atoms with Crippen LogP contribution in [0, 0.1) is 0 Å². The Kier molecular flexibility index (Phi) is 12.8. The second-order valence-electron chi connectivity index (χ2n) is 12.6. The summed E-state index contributed by atoms with van der Waals surface area (Å²) in [7, 11) is 1.69. The van der Waals surface area contributed by atoms with Gasteiger partial charge in [0.05, 0.1) is 25.9 Å². The molecule has 2 heterocycles. The average molecular weight is 577 g/mol. The largest absolute Gasteiger partial charge is 0.496 e. The van der Waals surface area contributed by atoms with Gasteiger partial charge in [-0.1, -0.05) is 27.7 Å². The molecular formula is C33H52O8. The van der Waals surface area contributed by atoms with E-state index in [-0.39, 0.29) is 35.0 Å². The number of carbonyl (C=O) groups excluding carboxylic acids is 2. The van der Waals surface area contributed by atoms with Gasteiger partial charge in [-0.25, -0.2) is 0 Å². The van der Waals surface area contributed by atoms with E-state index in [9.17, 15) is 9.59 Å². The number of esters is 2. The number of ether oxygens (including phenoxy) is 6. The van der Waals surface area contributed by atoms with Gasteiger partial charge in [-0.2, -0.15) is 0 Å². The van der Waals surface area contributed by atoms with Crippen LogP contribution in [0.1, 0.15) is 110 Å². The van der Waals surface area contributed by atoms with Crippen LogP contribution in [0.3, 0.4) is 0 Å². The van der Waals surface area contributed by atoms with Crippen molar-refractivity contribution >= 4 is 11.9 Å². The van der Waals surface area contributed by atoms with E-state index in [0.717, 1.165) is 74.4 Å². The molecule has 2 saturated heterocycles. The van der Waals surface area contributed by atoms with Crippen LogP contribution in [0.5, 0.6) is 11.5 Å². The quantitative estimate of drug-likeness (QED) is 0.196. The highest BCUT2D eigenvalue weighted by Gasteiger charge is 2.31. The van der Waals surface area contributed by atoms with Crippen molar-refractivity contribution in [2.24, 2.45) is 0 Å². The number of rotatable bonds is 17. The maximum absolute atomic E-state index is 12.3. The van der Waals surface area contributed by atoms with E-state index in [2.05, 4.69) is 39.8 Å². The Bertz CT molecular complexity index is 974. The molecule has 3 rings (SSSR count). The Balaban J connectivity index is 1.60. The molecule has 232 valence electrons. The molecule has 0 amide bonds. The van der Waals surface area contributed by atoms with Gasteiger partial charge in [0.15, 0.2) is 0 Å². The molecule has 8 nitrogen and oxygen atoms in total. The molecule has 41 heavy (non-hydrogen) atoms. The van der Waals surface area contributed by atoms with Gasteiger partial charge in [0.2, 0.25) is 0 Å². The number of hydrogen-bond donors (Lipinski definition) is 0. The standard InChI is InChI=1S/C33H52O8/c1-7-37-29-21-26(32(2,3)16-8-14-30(34)40-22-24-12-10-18-38-24)28(36-6)20-27(29)33(4,5)17-9-15-31(35)41-23-25-13-11-19-39-25/h20-21,24-25H,7-19,22-23H2,1-6H3. The number of benzene rings is 1. The van der Waals surface area contributed by atoms with Crippen LogP contribution in [-0.2, 0) is 39.4 Å². The predicted octanol–water partition coefficient (Wildman–Crippen LogP) is 6.43. The molecule has 2 aliphatic heterocycles. The van der Waals surface area contributed by atoms with Crippen LogP contribution >= 0.6 is 0 Å². The van der Waals surface area contributed by atoms with Crippen LogP contribution in [0.25, 0.3) is 0 Å². The third-order valence-electron chi connectivity index (χ3n) is 8.33. The van der Waals surface area contributed by atoms with Crippen LogP contribution < -0.4 is 9.47 Å². The molecule has 0 spiro atoms. The van der Waals surface area contributed by atoms with Gasteiger partial charge in [0, 0.05) is 37.2 Å². The molecule has 1 aromatic carbocycles. The molecule has 0 saturated carbocycles. The second kappa shape index (κ2) is 15.8. The van der Waals surface area contributed by atoms with Gasteiger partial charge in [-0.15, -0.1) is 0 Å². The first-order chi connectivity index (χ1) is 19.6. The van der Waals surface area contributed by atoms with Crippen LogP contribution in [0.4, 0.5) is 0 Å². The molecule has 2 atom stereocenters. The smallest absolute Gasteiger partial charge is 0.305 e. The predicted molar refractivity (Wildman–Crippen MR) is 158 cm³/mol. The molecule has 0 bridgehead atoms. The van der Waals surface area contributed by atoms with E-state index >= 15 is 0 Å². The highest BCUT2D eigenvalue weighted by molar-refractivity contribution is 5.69. The number of methoxy groups -OCH3 is 1. The van der Waals surface area contributed by atoms with Crippen molar-refractivity contribution in [3.63, 3.8) is 0 Å². The van der Waals surface area contributed by atoms with Crippen molar-refractivity contribution < 1.29 is 38.0 Å². The third-order valence-corrected chi connectivity index (χ3v) is 8.33. The summed E-state index contributed by atoms with van der Waals surface area (Å²) in [5, 5.41) is 0. The summed E-state index contributed by atoms with van der Waals surface area (Å²) in [6.07, 6.45) is 7.82. The van der Waals surface area contributed by atoms with Crippen molar-refractivity contribution in [1.29, 1.82) is 0 Å². The molecular weight excluding hydrogens is 524 g/mol. The highest BCUT2D eigenvalue weighted by atomic mass is 16.6. The Morgan fingerprint density at radius 2 is 1.27 bits per heavy atom. The lowest BCUT2D eigenvalue weighted by Crippen LogP contribution is -2.23. The summed E-state index contributed by atoms with van der Waals surface area (Å²) >= 11 is 0. The van der Waals surface area contributed by atoms with Gasteiger partial charge in [-0.05, 0) is 81.3 Å². The molecule has 2 fully saturated rings. The van der Waals surface area contributed by atoms with Crippen LogP contribution in [0.15, 0.2) is 12.1 Å². The van der Waals surface area contributed by atoms with Crippen LogP contribution in [-0.4, -0.2) is 64.3 Å². The molecule has 0 N–H and O–H groups in total. The topological polar surface area (TPSA) is 89.5 Å². The van der Waals surface area contributed by atoms with E-state index < -0.39 is 0 Å². The van der Waals surface area contributed by atoms with E-state index in [1.54, 1.807) is 7.11 Å². The lowest BCUT2D eigenvalue weighted by molar-refractivity contribution is -0.147. The third kappa shape index (κ3) is 10.2. The molecule has 0 aromatic heterocycles. The first-order valence-corrected chi connectivity index (χ1v) is 15.5. The van der Waals surface area contributed by atoms with Crippen molar-refractivity contribution in [3.05, 3.63) is 23.3 Å². The summed E-state index contributed by atoms with van der Waals surface area (Å²) in [6, 6.07) is 4.19. The van der Waals surface area contributed by atoms with Gasteiger partial charge >= 0.3 is 11.9 Å². The fourth-order valence-corrected chi connectivity index (χ4v) is 5.75. The molecule has 2 unspecified atom stereocenters. The first-order valence-electron chi connectivity index (χ1n) is 15.5. The molecule has 8 heteroatoms. The average Bonchev–Trinajstić information content (AvgIpc) is 3.65. The van der Waals surface area contributed by atoms with E-state index in [1.807, 2.05) is 6.92 Å². The van der Waals surface area contributed by atoms with Gasteiger partial charge in [0.25, 0.3) is 0 Å². The minimum absolute atomic E-state index is 0.0462. The summed E-state index contributed by atoms with van der Waals surface area (Å²) in [4.78, 5) is 24.6. The SMILES string of the molecule is CCOc1cc(C(C)(C)CCCC(=O)OCC2CCCO2)c(OC)cc1C(C)(C)CCCC(=O)OCC1CCCO1. The van der Waals surface area contributed by atoms with Crippen molar-refractivity contribution in [2.45, 2.75) is 122 Å². The minimum Gasteiger partial charge on any atom is -0.496 e. The van der Waals surface area contributed by atoms with Crippen molar-refractivity contribution in [1.82, 2.24) is 0 Å². The summed E-state index contributed by atoms with van der Waals surface area (Å²) < 4.78 is 34.0. The fraction of sp³-hybridized carbons (Fsp3) is 0.758. The zero-order chi connectivity index (χ0) is 29.9. The molecule has 1 aromatic rings. The summed E-state index contributed by atoms with van der Waals surface area (Å²) in [6.45, 7) is 13.4. The van der Waals surface area contributed by atoms with Gasteiger partial charge in [-0.3, -0.25) is 9.59 Å². The first kappa shape index (κ1) is 33.2. The number of carbonyl (C=O) groups is 2. The maximum Gasteiger partial charge on any atom is 0.305 e. The van der Waals surface area contributed by atoms with Gasteiger partial charge in [0.1, 0.15) is 24.7 Å². The minimum atomic E-state index is -0.249. The van der Waals surface area contributed by atoms with E-state index in [4.69, 9.17) is 28.4 Å². The molecule has 0 radical (unpaired) electrons. The monoisotopic (exact) mass is 576 g/mol. The lowest BCUT2D eigenvalue weighted by atomic mass is 9.75. The normalized spacial score (nSPS) is 19.3. The molecule has 0 aliphatic carbocycles. The summed E-state index contributed by atoms with van der Waals surface area (Å²) in [5.41, 5.74) is 1.61. The Morgan fingerprint density at radius 3 is 1.68 bits per heavy atom. The Hall–Kier alpha value is -2.32.